The molecule has 0 N–H and O–H groups in total. The van der Waals surface area contributed by atoms with Crippen molar-refractivity contribution in [3.63, 3.8) is 0 Å². The molecule has 0 aromatic carbocycles. The zero-order valence-electron chi connectivity index (χ0n) is 8.75. The molecule has 0 amide bonds. The van der Waals surface area contributed by atoms with Crippen molar-refractivity contribution in [1.82, 2.24) is 4.98 Å². The summed E-state index contributed by atoms with van der Waals surface area (Å²) in [7, 11) is 0. The number of aromatic nitrogens is 1. The summed E-state index contributed by atoms with van der Waals surface area (Å²) in [4.78, 5) is 4.27. The predicted molar refractivity (Wildman–Crippen MR) is 61.0 cm³/mol. The van der Waals surface area contributed by atoms with E-state index >= 15 is 0 Å². The Labute approximate surface area is 84.8 Å². The minimum Gasteiger partial charge on any atom is -0.248 e. The molecule has 0 atom stereocenters. The monoisotopic (exact) mass is 185 g/mol. The number of hydrogen-bond acceptors (Lipinski definition) is 1. The van der Waals surface area contributed by atoms with Crippen LogP contribution in [0.5, 0.6) is 0 Å². The average Bonchev–Trinajstić information content (AvgIpc) is 2.21. The lowest BCUT2D eigenvalue weighted by molar-refractivity contribution is 1.11. The maximum atomic E-state index is 4.27. The van der Waals surface area contributed by atoms with E-state index in [9.17, 15) is 0 Å². The molecule has 0 radical (unpaired) electrons. The second kappa shape index (κ2) is 5.21. The van der Waals surface area contributed by atoms with Gasteiger partial charge in [-0.2, -0.15) is 0 Å². The van der Waals surface area contributed by atoms with Crippen LogP contribution in [0.4, 0.5) is 0 Å². The first kappa shape index (κ1) is 10.5. The molecule has 0 saturated carbocycles. The number of hydrogen-bond donors (Lipinski definition) is 0. The van der Waals surface area contributed by atoms with Gasteiger partial charge < -0.3 is 0 Å². The summed E-state index contributed by atoms with van der Waals surface area (Å²) >= 11 is 0. The molecule has 14 heavy (non-hydrogen) atoms. The van der Waals surface area contributed by atoms with Gasteiger partial charge in [0.1, 0.15) is 5.35 Å². The topological polar surface area (TPSA) is 12.9 Å². The van der Waals surface area contributed by atoms with Gasteiger partial charge in [0.15, 0.2) is 0 Å². The first-order chi connectivity index (χ1) is 6.77. The molecule has 0 aliphatic heterocycles. The molecular formula is C13H15N. The zero-order valence-corrected chi connectivity index (χ0v) is 8.75. The Morgan fingerprint density at radius 3 is 3.07 bits per heavy atom. The molecule has 1 aromatic rings. The first-order valence-electron chi connectivity index (χ1n) is 4.78. The highest BCUT2D eigenvalue weighted by Crippen LogP contribution is 1.92. The van der Waals surface area contributed by atoms with Crippen LogP contribution < -0.4 is 10.6 Å². The van der Waals surface area contributed by atoms with Gasteiger partial charge in [0.2, 0.25) is 0 Å². The SMILES string of the molecule is C=C/C=c1/cccnc1=C=C(C)CC. The van der Waals surface area contributed by atoms with Crippen LogP contribution in [0.1, 0.15) is 20.3 Å². The lowest BCUT2D eigenvalue weighted by Gasteiger charge is -1.88. The molecule has 72 valence electrons. The van der Waals surface area contributed by atoms with E-state index < -0.39 is 0 Å². The lowest BCUT2D eigenvalue weighted by atomic mass is 10.2. The molecule has 0 saturated heterocycles. The molecule has 0 bridgehead atoms. The summed E-state index contributed by atoms with van der Waals surface area (Å²) in [5.41, 5.74) is 4.48. The summed E-state index contributed by atoms with van der Waals surface area (Å²) in [6.07, 6.45) is 6.50. The van der Waals surface area contributed by atoms with E-state index in [4.69, 9.17) is 0 Å². The molecule has 1 rings (SSSR count). The second-order valence-electron chi connectivity index (χ2n) is 3.10. The smallest absolute Gasteiger partial charge is 0.112 e. The van der Waals surface area contributed by atoms with Crippen molar-refractivity contribution in [2.75, 3.05) is 0 Å². The van der Waals surface area contributed by atoms with Gasteiger partial charge in [0.25, 0.3) is 0 Å². The molecule has 0 spiro atoms. The quantitative estimate of drug-likeness (QED) is 0.684. The van der Waals surface area contributed by atoms with Crippen LogP contribution in [0.15, 0.2) is 36.6 Å². The number of nitrogens with zero attached hydrogens (tertiary/aromatic N) is 1. The largest absolute Gasteiger partial charge is 0.248 e. The minimum absolute atomic E-state index is 0.895. The summed E-state index contributed by atoms with van der Waals surface area (Å²) in [6.45, 7) is 7.85. The van der Waals surface area contributed by atoms with Crippen LogP contribution in [0.25, 0.3) is 11.8 Å². The Kier molecular flexibility index (Phi) is 3.90. The van der Waals surface area contributed by atoms with Crippen LogP contribution >= 0.6 is 0 Å². The summed E-state index contributed by atoms with van der Waals surface area (Å²) in [6, 6.07) is 3.93. The van der Waals surface area contributed by atoms with Crippen molar-refractivity contribution in [3.05, 3.63) is 47.1 Å². The van der Waals surface area contributed by atoms with Crippen molar-refractivity contribution in [1.29, 1.82) is 0 Å². The molecule has 1 heterocycles. The van der Waals surface area contributed by atoms with Crippen LogP contribution in [0, 0.1) is 0 Å². The van der Waals surface area contributed by atoms with Crippen LogP contribution in [-0.2, 0) is 0 Å². The normalized spacial score (nSPS) is 10.9. The van der Waals surface area contributed by atoms with E-state index in [2.05, 4.69) is 31.1 Å². The van der Waals surface area contributed by atoms with E-state index in [1.807, 2.05) is 18.2 Å². The minimum atomic E-state index is 0.895. The van der Waals surface area contributed by atoms with Crippen LogP contribution in [-0.4, -0.2) is 4.98 Å². The van der Waals surface area contributed by atoms with E-state index in [-0.39, 0.29) is 0 Å². The van der Waals surface area contributed by atoms with Gasteiger partial charge >= 0.3 is 0 Å². The zero-order chi connectivity index (χ0) is 10.4. The van der Waals surface area contributed by atoms with Gasteiger partial charge in [-0.05, 0) is 25.0 Å². The van der Waals surface area contributed by atoms with E-state index in [0.29, 0.717) is 0 Å². The fourth-order valence-corrected chi connectivity index (χ4v) is 1.07. The predicted octanol–water partition coefficient (Wildman–Crippen LogP) is 1.78. The fourth-order valence-electron chi connectivity index (χ4n) is 1.07. The van der Waals surface area contributed by atoms with Crippen molar-refractivity contribution >= 4 is 11.8 Å². The first-order valence-corrected chi connectivity index (χ1v) is 4.78. The number of allylic oxidation sites excluding steroid dienone is 2. The van der Waals surface area contributed by atoms with E-state index in [1.54, 1.807) is 12.3 Å². The average molecular weight is 185 g/mol. The van der Waals surface area contributed by atoms with Gasteiger partial charge in [-0.1, -0.05) is 37.5 Å². The van der Waals surface area contributed by atoms with Crippen LogP contribution in [0.3, 0.4) is 0 Å². The fraction of sp³-hybridized carbons (Fsp3) is 0.231. The summed E-state index contributed by atoms with van der Waals surface area (Å²) in [5.74, 6) is 0. The molecular weight excluding hydrogens is 170 g/mol. The number of pyridine rings is 1. The second-order valence-corrected chi connectivity index (χ2v) is 3.10. The highest BCUT2D eigenvalue weighted by Gasteiger charge is 1.83. The van der Waals surface area contributed by atoms with Gasteiger partial charge in [-0.25, -0.2) is 4.98 Å². The number of rotatable bonds is 2. The summed E-state index contributed by atoms with van der Waals surface area (Å²) < 4.78 is 0. The highest BCUT2D eigenvalue weighted by molar-refractivity contribution is 5.37. The maximum Gasteiger partial charge on any atom is 0.112 e. The van der Waals surface area contributed by atoms with Gasteiger partial charge in [-0.3, -0.25) is 0 Å². The Morgan fingerprint density at radius 1 is 1.64 bits per heavy atom. The third kappa shape index (κ3) is 2.72. The Bertz CT molecular complexity index is 462. The summed E-state index contributed by atoms with van der Waals surface area (Å²) in [5, 5.41) is 1.96. The third-order valence-corrected chi connectivity index (χ3v) is 2.00. The van der Waals surface area contributed by atoms with Crippen molar-refractivity contribution < 1.29 is 0 Å². The lowest BCUT2D eigenvalue weighted by Crippen LogP contribution is -2.26. The van der Waals surface area contributed by atoms with Gasteiger partial charge in [0, 0.05) is 11.4 Å². The highest BCUT2D eigenvalue weighted by atomic mass is 14.6. The van der Waals surface area contributed by atoms with Crippen molar-refractivity contribution in [2.45, 2.75) is 20.3 Å². The maximum absolute atomic E-state index is 4.27. The Hall–Kier alpha value is -1.59. The Balaban J connectivity index is 3.58. The van der Waals surface area contributed by atoms with Gasteiger partial charge in [0.05, 0.1) is 0 Å². The molecule has 0 aliphatic carbocycles. The third-order valence-electron chi connectivity index (χ3n) is 2.00. The van der Waals surface area contributed by atoms with Gasteiger partial charge in [-0.15, -0.1) is 0 Å². The van der Waals surface area contributed by atoms with E-state index in [1.165, 1.54) is 5.57 Å². The van der Waals surface area contributed by atoms with E-state index in [0.717, 1.165) is 17.0 Å². The molecule has 0 unspecified atom stereocenters. The molecule has 0 aliphatic rings. The molecule has 1 heteroatoms. The standard InChI is InChI=1S/C13H15N/c1-4-7-12-8-6-9-14-13(12)10-11(3)5-2/h4,6-9H,1,5H2,2-3H3/b12-7-. The molecule has 1 aromatic heterocycles. The molecule has 0 fully saturated rings. The Morgan fingerprint density at radius 2 is 2.43 bits per heavy atom. The molecule has 1 nitrogen and oxygen atoms in total. The van der Waals surface area contributed by atoms with Crippen molar-refractivity contribution in [3.8, 4) is 0 Å². The van der Waals surface area contributed by atoms with Crippen LogP contribution in [0.2, 0.25) is 0 Å². The van der Waals surface area contributed by atoms with Crippen molar-refractivity contribution in [2.24, 2.45) is 0 Å².